The molecule has 170 valence electrons. The first-order valence-electron chi connectivity index (χ1n) is 10.5. The van der Waals surface area contributed by atoms with Crippen molar-refractivity contribution in [2.45, 2.75) is 45.6 Å². The van der Waals surface area contributed by atoms with Gasteiger partial charge < -0.3 is 21.1 Å². The minimum atomic E-state index is -1.05. The predicted octanol–water partition coefficient (Wildman–Crippen LogP) is 3.38. The lowest BCUT2D eigenvalue weighted by Gasteiger charge is -2.13. The number of H-pyrrole nitrogens is 1. The number of aryl methyl sites for hydroxylation is 1. The van der Waals surface area contributed by atoms with E-state index in [2.05, 4.69) is 20.6 Å². The zero-order valence-electron chi connectivity index (χ0n) is 18.0. The Balaban J connectivity index is 1.79. The Hall–Kier alpha value is -3.24. The summed E-state index contributed by atoms with van der Waals surface area (Å²) in [6.45, 7) is 4.44. The summed E-state index contributed by atoms with van der Waals surface area (Å²) in [6, 6.07) is 5.03. The van der Waals surface area contributed by atoms with Gasteiger partial charge in [-0.1, -0.05) is 13.8 Å². The molecule has 0 bridgehead atoms. The van der Waals surface area contributed by atoms with Crippen molar-refractivity contribution in [1.82, 2.24) is 15.3 Å². The molecule has 0 saturated heterocycles. The Morgan fingerprint density at radius 1 is 1.22 bits per heavy atom. The van der Waals surface area contributed by atoms with E-state index in [-0.39, 0.29) is 23.3 Å². The highest BCUT2D eigenvalue weighted by molar-refractivity contribution is 7.14. The van der Waals surface area contributed by atoms with E-state index in [1.807, 2.05) is 13.8 Å². The molecule has 0 aliphatic heterocycles. The van der Waals surface area contributed by atoms with E-state index in [9.17, 15) is 19.5 Å². The average molecular weight is 458 g/mol. The van der Waals surface area contributed by atoms with Gasteiger partial charge in [0.25, 0.3) is 11.8 Å². The number of aromatic nitrogens is 2. The smallest absolute Gasteiger partial charge is 0.352 e. The van der Waals surface area contributed by atoms with Crippen molar-refractivity contribution in [3.05, 3.63) is 46.1 Å². The molecule has 1 aromatic carbocycles. The average Bonchev–Trinajstić information content (AvgIpc) is 3.40. The zero-order valence-corrected chi connectivity index (χ0v) is 18.8. The lowest BCUT2D eigenvalue weighted by molar-refractivity contribution is 0.0689. The number of hydrogen-bond acceptors (Lipinski definition) is 6. The van der Waals surface area contributed by atoms with Crippen LogP contribution in [0.4, 0.5) is 5.13 Å². The highest BCUT2D eigenvalue weighted by atomic mass is 32.1. The van der Waals surface area contributed by atoms with Crippen molar-refractivity contribution in [2.75, 3.05) is 11.9 Å². The number of aromatic carboxylic acids is 1. The van der Waals surface area contributed by atoms with Crippen molar-refractivity contribution in [2.24, 2.45) is 5.73 Å². The van der Waals surface area contributed by atoms with Crippen LogP contribution in [0.15, 0.2) is 23.6 Å². The fourth-order valence-corrected chi connectivity index (χ4v) is 4.15. The first kappa shape index (κ1) is 23.4. The van der Waals surface area contributed by atoms with Crippen molar-refractivity contribution >= 4 is 45.2 Å². The normalized spacial score (nSPS) is 11.1. The van der Waals surface area contributed by atoms with Crippen LogP contribution in [-0.4, -0.2) is 45.4 Å². The summed E-state index contributed by atoms with van der Waals surface area (Å²) in [4.78, 5) is 43.8. The fourth-order valence-electron chi connectivity index (χ4n) is 3.47. The summed E-state index contributed by atoms with van der Waals surface area (Å²) < 4.78 is 0. The van der Waals surface area contributed by atoms with Crippen LogP contribution in [-0.2, 0) is 6.42 Å². The highest BCUT2D eigenvalue weighted by Crippen LogP contribution is 2.26. The van der Waals surface area contributed by atoms with E-state index in [4.69, 9.17) is 5.73 Å². The summed E-state index contributed by atoms with van der Waals surface area (Å²) in [7, 11) is 0. The quantitative estimate of drug-likeness (QED) is 0.315. The van der Waals surface area contributed by atoms with Crippen LogP contribution < -0.4 is 16.4 Å². The molecule has 0 spiro atoms. The molecule has 0 saturated carbocycles. The van der Waals surface area contributed by atoms with E-state index in [0.29, 0.717) is 46.5 Å². The second kappa shape index (κ2) is 10.4. The zero-order chi connectivity index (χ0) is 23.3. The molecular formula is C22H27N5O4S. The minimum absolute atomic E-state index is 0.0829. The molecule has 2 amide bonds. The number of carboxylic acids is 1. The summed E-state index contributed by atoms with van der Waals surface area (Å²) in [6.07, 6.45) is 2.78. The van der Waals surface area contributed by atoms with E-state index >= 15 is 0 Å². The van der Waals surface area contributed by atoms with E-state index in [0.717, 1.165) is 12.8 Å². The van der Waals surface area contributed by atoms with Gasteiger partial charge in [0.15, 0.2) is 5.13 Å². The third-order valence-electron chi connectivity index (χ3n) is 5.29. The van der Waals surface area contributed by atoms with Gasteiger partial charge in [-0.3, -0.25) is 14.9 Å². The molecule has 32 heavy (non-hydrogen) atoms. The number of fused-ring (bicyclic) bond motifs is 1. The molecule has 0 radical (unpaired) electrons. The number of carbonyl (C=O) groups excluding carboxylic acids is 2. The van der Waals surface area contributed by atoms with Gasteiger partial charge in [-0.05, 0) is 56.0 Å². The number of carbonyl (C=O) groups is 3. The highest BCUT2D eigenvalue weighted by Gasteiger charge is 2.19. The van der Waals surface area contributed by atoms with Gasteiger partial charge in [-0.25, -0.2) is 9.78 Å². The van der Waals surface area contributed by atoms with Gasteiger partial charge in [0.1, 0.15) is 11.4 Å². The van der Waals surface area contributed by atoms with Crippen LogP contribution in [0.2, 0.25) is 0 Å². The number of benzene rings is 1. The molecule has 0 unspecified atom stereocenters. The summed E-state index contributed by atoms with van der Waals surface area (Å²) in [5, 5.41) is 17.7. The first-order valence-corrected chi connectivity index (χ1v) is 11.4. The first-order chi connectivity index (χ1) is 15.4. The van der Waals surface area contributed by atoms with E-state index < -0.39 is 11.9 Å². The number of anilines is 1. The Labute approximate surface area is 189 Å². The maximum absolute atomic E-state index is 12.8. The van der Waals surface area contributed by atoms with Crippen LogP contribution in [0.3, 0.4) is 0 Å². The summed E-state index contributed by atoms with van der Waals surface area (Å²) in [5.74, 6) is -1.72. The Morgan fingerprint density at radius 3 is 2.62 bits per heavy atom. The molecule has 10 heteroatoms. The molecule has 2 aromatic heterocycles. The Bertz CT molecular complexity index is 1130. The maximum Gasteiger partial charge on any atom is 0.352 e. The van der Waals surface area contributed by atoms with Crippen molar-refractivity contribution in [1.29, 1.82) is 0 Å². The Morgan fingerprint density at radius 2 is 1.97 bits per heavy atom. The van der Waals surface area contributed by atoms with Crippen LogP contribution >= 0.6 is 11.3 Å². The van der Waals surface area contributed by atoms with Crippen molar-refractivity contribution in [3.8, 4) is 0 Å². The number of nitrogens with one attached hydrogen (secondary N) is 3. The van der Waals surface area contributed by atoms with Gasteiger partial charge >= 0.3 is 5.97 Å². The van der Waals surface area contributed by atoms with Gasteiger partial charge in [0.05, 0.1) is 0 Å². The molecule has 0 atom stereocenters. The number of nitrogens with zero attached hydrogens (tertiary/aromatic N) is 1. The summed E-state index contributed by atoms with van der Waals surface area (Å²) in [5.41, 5.74) is 7.59. The number of rotatable bonds is 10. The molecule has 0 aliphatic rings. The molecule has 6 N–H and O–H groups in total. The fraction of sp³-hybridized carbons (Fsp3) is 0.364. The van der Waals surface area contributed by atoms with Crippen LogP contribution in [0.5, 0.6) is 0 Å². The lowest BCUT2D eigenvalue weighted by Crippen LogP contribution is -2.34. The molecule has 9 nitrogen and oxygen atoms in total. The monoisotopic (exact) mass is 457 g/mol. The van der Waals surface area contributed by atoms with Gasteiger partial charge in [-0.2, -0.15) is 0 Å². The largest absolute Gasteiger partial charge is 0.477 e. The van der Waals surface area contributed by atoms with Gasteiger partial charge in [0, 0.05) is 27.9 Å². The second-order valence-electron chi connectivity index (χ2n) is 7.42. The van der Waals surface area contributed by atoms with Gasteiger partial charge in [0.2, 0.25) is 0 Å². The molecular weight excluding hydrogens is 430 g/mol. The lowest BCUT2D eigenvalue weighted by atomic mass is 10.0. The molecule has 0 fully saturated rings. The van der Waals surface area contributed by atoms with Crippen LogP contribution in [0, 0.1) is 0 Å². The molecule has 3 aromatic rings. The van der Waals surface area contributed by atoms with Crippen LogP contribution in [0.25, 0.3) is 10.9 Å². The number of amides is 2. The number of aromatic amines is 1. The standard InChI is InChI=1S/C22H27N5O4S/c1-3-13(4-2)24-20(29)17-11-32-22(26-17)27-19(28)12-7-8-16-15(10-12)14(6-5-9-23)18(25-16)21(30)31/h7-8,10-11,13,25H,3-6,9,23H2,1-2H3,(H,24,29)(H,30,31)(H,26,27,28). The third kappa shape index (κ3) is 5.14. The summed E-state index contributed by atoms with van der Waals surface area (Å²) >= 11 is 1.17. The Kier molecular flexibility index (Phi) is 7.60. The number of carboxylic acid groups (broad SMARTS) is 1. The number of nitrogens with two attached hydrogens (primary N) is 1. The third-order valence-corrected chi connectivity index (χ3v) is 6.05. The topological polar surface area (TPSA) is 150 Å². The predicted molar refractivity (Wildman–Crippen MR) is 125 cm³/mol. The maximum atomic E-state index is 12.8. The molecule has 0 aliphatic carbocycles. The van der Waals surface area contributed by atoms with Crippen molar-refractivity contribution in [3.63, 3.8) is 0 Å². The minimum Gasteiger partial charge on any atom is -0.477 e. The van der Waals surface area contributed by atoms with Crippen molar-refractivity contribution < 1.29 is 19.5 Å². The van der Waals surface area contributed by atoms with E-state index in [1.54, 1.807) is 23.6 Å². The number of hydrogen-bond donors (Lipinski definition) is 5. The molecule has 3 rings (SSSR count). The van der Waals surface area contributed by atoms with E-state index in [1.165, 1.54) is 11.3 Å². The number of thiazole rings is 1. The second-order valence-corrected chi connectivity index (χ2v) is 8.27. The van der Waals surface area contributed by atoms with Crippen LogP contribution in [0.1, 0.15) is 70.0 Å². The van der Waals surface area contributed by atoms with Gasteiger partial charge in [-0.15, -0.1) is 11.3 Å². The molecule has 2 heterocycles. The SMILES string of the molecule is CCC(CC)NC(=O)c1csc(NC(=O)c2ccc3[nH]c(C(=O)O)c(CCCN)c3c2)n1.